The number of carbonyl (C=O) groups excluding carboxylic acids is 2. The topological polar surface area (TPSA) is 79.2 Å². The van der Waals surface area contributed by atoms with Gasteiger partial charge in [0.2, 0.25) is 5.91 Å². The molecule has 0 spiro atoms. The molecular formula is C15H18N2O3. The molecule has 1 aromatic carbocycles. The number of rotatable bonds is 5. The number of nitrogens with zero attached hydrogens (tertiary/aromatic N) is 1. The van der Waals surface area contributed by atoms with Crippen molar-refractivity contribution >= 4 is 11.9 Å². The van der Waals surface area contributed by atoms with Gasteiger partial charge in [-0.2, -0.15) is 5.26 Å². The van der Waals surface area contributed by atoms with Gasteiger partial charge in [-0.1, -0.05) is 12.1 Å². The molecule has 1 aromatic rings. The van der Waals surface area contributed by atoms with Gasteiger partial charge >= 0.3 is 5.97 Å². The zero-order valence-electron chi connectivity index (χ0n) is 11.9. The number of amides is 1. The molecule has 106 valence electrons. The van der Waals surface area contributed by atoms with Crippen LogP contribution < -0.4 is 5.32 Å². The lowest BCUT2D eigenvalue weighted by atomic mass is 10.0. The van der Waals surface area contributed by atoms with Gasteiger partial charge in [0, 0.05) is 6.42 Å². The summed E-state index contributed by atoms with van der Waals surface area (Å²) in [6.45, 7) is 3.19. The predicted octanol–water partition coefficient (Wildman–Crippen LogP) is 1.56. The van der Waals surface area contributed by atoms with E-state index in [4.69, 9.17) is 5.26 Å². The average Bonchev–Trinajstić information content (AvgIpc) is 2.44. The van der Waals surface area contributed by atoms with Crippen molar-refractivity contribution in [2.45, 2.75) is 32.2 Å². The lowest BCUT2D eigenvalue weighted by Gasteiger charge is -2.23. The number of hydrogen-bond donors (Lipinski definition) is 1. The number of carbonyl (C=O) groups is 2. The normalized spacial score (nSPS) is 10.5. The quantitative estimate of drug-likeness (QED) is 0.826. The summed E-state index contributed by atoms with van der Waals surface area (Å²) < 4.78 is 4.62. The Morgan fingerprint density at radius 2 is 1.90 bits per heavy atom. The number of nitriles is 1. The minimum atomic E-state index is -1.03. The third-order valence-electron chi connectivity index (χ3n) is 2.87. The largest absolute Gasteiger partial charge is 0.467 e. The molecule has 0 aliphatic carbocycles. The maximum absolute atomic E-state index is 11.8. The van der Waals surface area contributed by atoms with E-state index in [1.54, 1.807) is 26.0 Å². The second-order valence-electron chi connectivity index (χ2n) is 4.97. The fourth-order valence-electron chi connectivity index (χ4n) is 1.72. The zero-order chi connectivity index (χ0) is 15.2. The van der Waals surface area contributed by atoms with Gasteiger partial charge in [0.1, 0.15) is 5.54 Å². The zero-order valence-corrected chi connectivity index (χ0v) is 11.9. The van der Waals surface area contributed by atoms with E-state index < -0.39 is 11.5 Å². The van der Waals surface area contributed by atoms with Crippen molar-refractivity contribution < 1.29 is 14.3 Å². The number of aryl methyl sites for hydroxylation is 1. The van der Waals surface area contributed by atoms with E-state index >= 15 is 0 Å². The highest BCUT2D eigenvalue weighted by atomic mass is 16.5. The van der Waals surface area contributed by atoms with Crippen molar-refractivity contribution in [1.29, 1.82) is 5.26 Å². The summed E-state index contributed by atoms with van der Waals surface area (Å²) in [4.78, 5) is 23.3. The van der Waals surface area contributed by atoms with E-state index in [2.05, 4.69) is 10.1 Å². The van der Waals surface area contributed by atoms with Crippen molar-refractivity contribution in [3.8, 4) is 6.07 Å². The summed E-state index contributed by atoms with van der Waals surface area (Å²) >= 11 is 0. The maximum Gasteiger partial charge on any atom is 0.330 e. The Labute approximate surface area is 118 Å². The molecule has 0 bridgehead atoms. The molecule has 0 aliphatic heterocycles. The Bertz CT molecular complexity index is 527. The van der Waals surface area contributed by atoms with Crippen LogP contribution in [0.3, 0.4) is 0 Å². The Kier molecular flexibility index (Phi) is 5.27. The van der Waals surface area contributed by atoms with Crippen molar-refractivity contribution in [2.24, 2.45) is 0 Å². The van der Waals surface area contributed by atoms with E-state index in [-0.39, 0.29) is 12.3 Å². The fraction of sp³-hybridized carbons (Fsp3) is 0.400. The van der Waals surface area contributed by atoms with Gasteiger partial charge in [-0.3, -0.25) is 4.79 Å². The first-order chi connectivity index (χ1) is 9.39. The van der Waals surface area contributed by atoms with Gasteiger partial charge in [0.25, 0.3) is 0 Å². The van der Waals surface area contributed by atoms with Crippen molar-refractivity contribution in [2.75, 3.05) is 7.11 Å². The van der Waals surface area contributed by atoms with Crippen LogP contribution in [0.15, 0.2) is 24.3 Å². The Balaban J connectivity index is 2.51. The van der Waals surface area contributed by atoms with E-state index in [0.717, 1.165) is 5.56 Å². The van der Waals surface area contributed by atoms with Gasteiger partial charge in [0.05, 0.1) is 18.7 Å². The molecule has 0 saturated heterocycles. The molecule has 1 N–H and O–H groups in total. The van der Waals surface area contributed by atoms with Gasteiger partial charge < -0.3 is 10.1 Å². The van der Waals surface area contributed by atoms with Crippen LogP contribution in [0.1, 0.15) is 31.4 Å². The summed E-state index contributed by atoms with van der Waals surface area (Å²) in [5, 5.41) is 11.3. The lowest BCUT2D eigenvalue weighted by Crippen LogP contribution is -2.50. The molecule has 0 aliphatic rings. The van der Waals surface area contributed by atoms with Crippen molar-refractivity contribution in [3.05, 3.63) is 35.4 Å². The summed E-state index contributed by atoms with van der Waals surface area (Å²) in [6.07, 6.45) is 0.821. The Morgan fingerprint density at radius 3 is 2.40 bits per heavy atom. The van der Waals surface area contributed by atoms with Crippen LogP contribution in [0.2, 0.25) is 0 Å². The first-order valence-electron chi connectivity index (χ1n) is 6.27. The highest BCUT2D eigenvalue weighted by Crippen LogP contribution is 2.08. The molecule has 0 saturated carbocycles. The second kappa shape index (κ2) is 6.71. The summed E-state index contributed by atoms with van der Waals surface area (Å²) in [7, 11) is 1.28. The van der Waals surface area contributed by atoms with Gasteiger partial charge in [0.15, 0.2) is 0 Å². The van der Waals surface area contributed by atoms with Gasteiger partial charge in [-0.05, 0) is 38.0 Å². The summed E-state index contributed by atoms with van der Waals surface area (Å²) in [5.74, 6) is -0.700. The highest BCUT2D eigenvalue weighted by Gasteiger charge is 2.30. The third kappa shape index (κ3) is 4.39. The minimum Gasteiger partial charge on any atom is -0.467 e. The molecular weight excluding hydrogens is 256 g/mol. The SMILES string of the molecule is COC(=O)C(C)(C)NC(=O)CCc1ccc(C#N)cc1. The fourth-order valence-corrected chi connectivity index (χ4v) is 1.72. The van der Waals surface area contributed by atoms with Crippen LogP contribution in [-0.2, 0) is 20.7 Å². The van der Waals surface area contributed by atoms with Crippen LogP contribution in [0.4, 0.5) is 0 Å². The highest BCUT2D eigenvalue weighted by molar-refractivity contribution is 5.87. The molecule has 1 rings (SSSR count). The molecule has 0 radical (unpaired) electrons. The third-order valence-corrected chi connectivity index (χ3v) is 2.87. The first-order valence-corrected chi connectivity index (χ1v) is 6.27. The van der Waals surface area contributed by atoms with Gasteiger partial charge in [-0.25, -0.2) is 4.79 Å². The van der Waals surface area contributed by atoms with E-state index in [0.29, 0.717) is 12.0 Å². The lowest BCUT2D eigenvalue weighted by molar-refractivity contribution is -0.149. The van der Waals surface area contributed by atoms with Crippen molar-refractivity contribution in [1.82, 2.24) is 5.32 Å². The molecule has 1 amide bonds. The Morgan fingerprint density at radius 1 is 1.30 bits per heavy atom. The van der Waals surface area contributed by atoms with E-state index in [9.17, 15) is 9.59 Å². The molecule has 0 atom stereocenters. The number of benzene rings is 1. The standard InChI is InChI=1S/C15H18N2O3/c1-15(2,14(19)20-3)17-13(18)9-8-11-4-6-12(10-16)7-5-11/h4-7H,8-9H2,1-3H3,(H,17,18). The number of esters is 1. The Hall–Kier alpha value is -2.35. The predicted molar refractivity (Wildman–Crippen MR) is 73.7 cm³/mol. The number of methoxy groups -OCH3 is 1. The number of ether oxygens (including phenoxy) is 1. The van der Waals surface area contributed by atoms with Gasteiger partial charge in [-0.15, -0.1) is 0 Å². The minimum absolute atomic E-state index is 0.218. The maximum atomic E-state index is 11.8. The monoisotopic (exact) mass is 274 g/mol. The molecule has 0 heterocycles. The van der Waals surface area contributed by atoms with E-state index in [1.165, 1.54) is 7.11 Å². The second-order valence-corrected chi connectivity index (χ2v) is 4.97. The van der Waals surface area contributed by atoms with Crippen molar-refractivity contribution in [3.63, 3.8) is 0 Å². The first kappa shape index (κ1) is 15.7. The molecule has 0 aromatic heterocycles. The number of hydrogen-bond acceptors (Lipinski definition) is 4. The van der Waals surface area contributed by atoms with E-state index in [1.807, 2.05) is 18.2 Å². The summed E-state index contributed by atoms with van der Waals surface area (Å²) in [6, 6.07) is 9.10. The van der Waals surface area contributed by atoms with Crippen LogP contribution >= 0.6 is 0 Å². The van der Waals surface area contributed by atoms with Crippen LogP contribution in [0, 0.1) is 11.3 Å². The molecule has 0 fully saturated rings. The average molecular weight is 274 g/mol. The number of nitrogens with one attached hydrogen (secondary N) is 1. The van der Waals surface area contributed by atoms with Crippen LogP contribution in [0.5, 0.6) is 0 Å². The molecule has 5 nitrogen and oxygen atoms in total. The summed E-state index contributed by atoms with van der Waals surface area (Å²) in [5.41, 5.74) is 0.524. The molecule has 20 heavy (non-hydrogen) atoms. The molecule has 5 heteroatoms. The smallest absolute Gasteiger partial charge is 0.330 e. The molecule has 0 unspecified atom stereocenters. The van der Waals surface area contributed by atoms with Crippen LogP contribution in [-0.4, -0.2) is 24.5 Å². The van der Waals surface area contributed by atoms with Crippen LogP contribution in [0.25, 0.3) is 0 Å².